The fourth-order valence-electron chi connectivity index (χ4n) is 2.14. The Labute approximate surface area is 146 Å². The minimum Gasteiger partial charge on any atom is -0.493 e. The molecule has 4 nitrogen and oxygen atoms in total. The third-order valence-corrected chi connectivity index (χ3v) is 4.81. The van der Waals surface area contributed by atoms with Gasteiger partial charge in [0, 0.05) is 6.54 Å². The molecule has 0 N–H and O–H groups in total. The van der Waals surface area contributed by atoms with Crippen LogP contribution in [0.2, 0.25) is 0 Å². The molecule has 0 unspecified atom stereocenters. The lowest BCUT2D eigenvalue weighted by atomic mass is 10.2. The van der Waals surface area contributed by atoms with Gasteiger partial charge in [0.1, 0.15) is 4.32 Å². The quantitative estimate of drug-likeness (QED) is 0.420. The molecule has 0 aliphatic carbocycles. The Balaban J connectivity index is 2.19. The first-order valence-corrected chi connectivity index (χ1v) is 8.89. The number of amides is 1. The zero-order valence-electron chi connectivity index (χ0n) is 13.6. The van der Waals surface area contributed by atoms with Crippen molar-refractivity contribution in [3.63, 3.8) is 0 Å². The van der Waals surface area contributed by atoms with E-state index < -0.39 is 0 Å². The number of carbonyl (C=O) groups excluding carboxylic acids is 1. The van der Waals surface area contributed by atoms with Crippen LogP contribution in [0.15, 0.2) is 23.1 Å². The molecule has 124 valence electrons. The van der Waals surface area contributed by atoms with E-state index in [0.29, 0.717) is 28.1 Å². The summed E-state index contributed by atoms with van der Waals surface area (Å²) in [5.41, 5.74) is 0.890. The highest BCUT2D eigenvalue weighted by atomic mass is 32.2. The zero-order chi connectivity index (χ0) is 16.8. The number of carbonyl (C=O) groups is 1. The average molecular weight is 351 g/mol. The third-order valence-electron chi connectivity index (χ3n) is 3.43. The number of methoxy groups -OCH3 is 1. The second kappa shape index (κ2) is 8.36. The lowest BCUT2D eigenvalue weighted by Crippen LogP contribution is -2.27. The number of ether oxygens (including phenoxy) is 2. The first kappa shape index (κ1) is 17.8. The van der Waals surface area contributed by atoms with E-state index in [-0.39, 0.29) is 5.91 Å². The molecule has 0 radical (unpaired) electrons. The number of benzene rings is 1. The summed E-state index contributed by atoms with van der Waals surface area (Å²) in [6.45, 7) is 5.30. The van der Waals surface area contributed by atoms with E-state index in [1.54, 1.807) is 12.0 Å². The van der Waals surface area contributed by atoms with Gasteiger partial charge in [-0.2, -0.15) is 0 Å². The zero-order valence-corrected chi connectivity index (χ0v) is 15.3. The van der Waals surface area contributed by atoms with E-state index in [0.717, 1.165) is 24.2 Å². The second-order valence-electron chi connectivity index (χ2n) is 5.04. The van der Waals surface area contributed by atoms with Crippen LogP contribution in [-0.2, 0) is 4.79 Å². The standard InChI is InChI=1S/C17H21NO3S2/c1-4-6-9-21-13-8-7-12(10-14(13)20-3)11-15-16(19)18(5-2)17(22)23-15/h7-8,10-11H,4-6,9H2,1-3H3/b15-11+. The SMILES string of the molecule is CCCCOc1ccc(/C=C2/SC(=S)N(CC)C2=O)cc1OC. The van der Waals surface area contributed by atoms with Crippen LogP contribution < -0.4 is 9.47 Å². The molecule has 0 atom stereocenters. The molecule has 0 saturated carbocycles. The van der Waals surface area contributed by atoms with E-state index in [4.69, 9.17) is 21.7 Å². The van der Waals surface area contributed by atoms with Crippen LogP contribution in [0.3, 0.4) is 0 Å². The van der Waals surface area contributed by atoms with Crippen LogP contribution in [0.1, 0.15) is 32.3 Å². The summed E-state index contributed by atoms with van der Waals surface area (Å²) < 4.78 is 11.7. The Kier molecular flexibility index (Phi) is 6.47. The molecule has 1 aromatic carbocycles. The molecule has 2 rings (SSSR count). The number of hydrogen-bond donors (Lipinski definition) is 0. The predicted octanol–water partition coefficient (Wildman–Crippen LogP) is 4.10. The van der Waals surface area contributed by atoms with Gasteiger partial charge in [-0.25, -0.2) is 0 Å². The molecule has 1 amide bonds. The molecule has 0 spiro atoms. The van der Waals surface area contributed by atoms with Crippen LogP contribution in [0.5, 0.6) is 11.5 Å². The average Bonchev–Trinajstić information content (AvgIpc) is 2.82. The van der Waals surface area contributed by atoms with E-state index in [9.17, 15) is 4.79 Å². The van der Waals surface area contributed by atoms with Crippen LogP contribution in [0.25, 0.3) is 6.08 Å². The van der Waals surface area contributed by atoms with Crippen LogP contribution in [-0.4, -0.2) is 35.4 Å². The molecular formula is C17H21NO3S2. The normalized spacial score (nSPS) is 16.3. The molecule has 0 bridgehead atoms. The smallest absolute Gasteiger partial charge is 0.266 e. The van der Waals surface area contributed by atoms with Gasteiger partial charge in [-0.05, 0) is 37.1 Å². The molecule has 1 heterocycles. The number of nitrogens with zero attached hydrogens (tertiary/aromatic N) is 1. The largest absolute Gasteiger partial charge is 0.493 e. The Morgan fingerprint density at radius 1 is 1.30 bits per heavy atom. The van der Waals surface area contributed by atoms with Crippen molar-refractivity contribution >= 4 is 40.3 Å². The molecular weight excluding hydrogens is 330 g/mol. The van der Waals surface area contributed by atoms with Gasteiger partial charge in [-0.3, -0.25) is 9.69 Å². The van der Waals surface area contributed by atoms with E-state index in [1.165, 1.54) is 11.8 Å². The number of hydrogen-bond acceptors (Lipinski definition) is 5. The highest BCUT2D eigenvalue weighted by Gasteiger charge is 2.30. The minimum absolute atomic E-state index is 0.0373. The molecule has 1 aliphatic rings. The summed E-state index contributed by atoms with van der Waals surface area (Å²) in [5.74, 6) is 1.35. The Morgan fingerprint density at radius 3 is 2.70 bits per heavy atom. The summed E-state index contributed by atoms with van der Waals surface area (Å²) in [4.78, 5) is 14.5. The minimum atomic E-state index is -0.0373. The van der Waals surface area contributed by atoms with Crippen molar-refractivity contribution in [2.24, 2.45) is 0 Å². The molecule has 23 heavy (non-hydrogen) atoms. The van der Waals surface area contributed by atoms with Crippen molar-refractivity contribution in [1.82, 2.24) is 4.90 Å². The van der Waals surface area contributed by atoms with Gasteiger partial charge < -0.3 is 9.47 Å². The van der Waals surface area contributed by atoms with Crippen molar-refractivity contribution in [3.05, 3.63) is 28.7 Å². The lowest BCUT2D eigenvalue weighted by Gasteiger charge is -2.11. The third kappa shape index (κ3) is 4.26. The topological polar surface area (TPSA) is 38.8 Å². The summed E-state index contributed by atoms with van der Waals surface area (Å²) in [6.07, 6.45) is 3.93. The van der Waals surface area contributed by atoms with Gasteiger partial charge in [-0.1, -0.05) is 43.4 Å². The Hall–Kier alpha value is -1.53. The summed E-state index contributed by atoms with van der Waals surface area (Å²) >= 11 is 6.55. The number of rotatable bonds is 7. The van der Waals surface area contributed by atoms with Gasteiger partial charge in [0.2, 0.25) is 0 Å². The predicted molar refractivity (Wildman–Crippen MR) is 99.0 cm³/mol. The van der Waals surface area contributed by atoms with Gasteiger partial charge in [0.15, 0.2) is 11.5 Å². The Bertz CT molecular complexity index is 628. The molecule has 1 aliphatic heterocycles. The lowest BCUT2D eigenvalue weighted by molar-refractivity contribution is -0.121. The first-order valence-electron chi connectivity index (χ1n) is 7.66. The van der Waals surface area contributed by atoms with E-state index in [1.807, 2.05) is 31.2 Å². The van der Waals surface area contributed by atoms with Crippen molar-refractivity contribution in [1.29, 1.82) is 0 Å². The van der Waals surface area contributed by atoms with Crippen LogP contribution >= 0.6 is 24.0 Å². The number of thioether (sulfide) groups is 1. The fourth-order valence-corrected chi connectivity index (χ4v) is 3.53. The molecule has 0 aromatic heterocycles. The second-order valence-corrected chi connectivity index (χ2v) is 6.71. The van der Waals surface area contributed by atoms with Gasteiger partial charge in [0.05, 0.1) is 18.6 Å². The van der Waals surface area contributed by atoms with E-state index >= 15 is 0 Å². The fraction of sp³-hybridized carbons (Fsp3) is 0.412. The van der Waals surface area contributed by atoms with Crippen molar-refractivity contribution < 1.29 is 14.3 Å². The monoisotopic (exact) mass is 351 g/mol. The summed E-state index contributed by atoms with van der Waals surface area (Å²) in [6, 6.07) is 5.67. The molecule has 1 aromatic rings. The van der Waals surface area contributed by atoms with Gasteiger partial charge >= 0.3 is 0 Å². The Morgan fingerprint density at radius 2 is 2.09 bits per heavy atom. The highest BCUT2D eigenvalue weighted by Crippen LogP contribution is 2.34. The number of thiocarbonyl (C=S) groups is 1. The maximum absolute atomic E-state index is 12.2. The summed E-state index contributed by atoms with van der Waals surface area (Å²) in [7, 11) is 1.61. The number of unbranched alkanes of at least 4 members (excludes halogenated alkanes) is 1. The molecule has 6 heteroatoms. The molecule has 1 saturated heterocycles. The van der Waals surface area contributed by atoms with Crippen molar-refractivity contribution in [2.45, 2.75) is 26.7 Å². The van der Waals surface area contributed by atoms with E-state index in [2.05, 4.69) is 6.92 Å². The summed E-state index contributed by atoms with van der Waals surface area (Å²) in [5, 5.41) is 0. The maximum atomic E-state index is 12.2. The first-order chi connectivity index (χ1) is 11.1. The van der Waals surface area contributed by atoms with Crippen LogP contribution in [0.4, 0.5) is 0 Å². The van der Waals surface area contributed by atoms with Crippen LogP contribution in [0, 0.1) is 0 Å². The van der Waals surface area contributed by atoms with Gasteiger partial charge in [-0.15, -0.1) is 0 Å². The highest BCUT2D eigenvalue weighted by molar-refractivity contribution is 8.26. The van der Waals surface area contributed by atoms with Gasteiger partial charge in [0.25, 0.3) is 5.91 Å². The maximum Gasteiger partial charge on any atom is 0.266 e. The van der Waals surface area contributed by atoms with Crippen molar-refractivity contribution in [3.8, 4) is 11.5 Å². The number of likely N-dealkylation sites (N-methyl/N-ethyl adjacent to an activating group) is 1. The molecule has 1 fully saturated rings. The van der Waals surface area contributed by atoms with Crippen molar-refractivity contribution in [2.75, 3.05) is 20.3 Å².